The zero-order chi connectivity index (χ0) is 13.0. The van der Waals surface area contributed by atoms with Crippen LogP contribution < -0.4 is 0 Å². The monoisotopic (exact) mass is 289 g/mol. The van der Waals surface area contributed by atoms with Gasteiger partial charge >= 0.3 is 0 Å². The first-order valence-corrected chi connectivity index (χ1v) is 7.59. The van der Waals surface area contributed by atoms with Gasteiger partial charge in [-0.3, -0.25) is 9.80 Å². The van der Waals surface area contributed by atoms with Crippen molar-refractivity contribution in [2.24, 2.45) is 0 Å². The fourth-order valence-electron chi connectivity index (χ4n) is 2.13. The first kappa shape index (κ1) is 14.2. The van der Waals surface area contributed by atoms with Gasteiger partial charge in [0, 0.05) is 50.3 Å². The van der Waals surface area contributed by atoms with Gasteiger partial charge in [-0.25, -0.2) is 4.98 Å². The van der Waals surface area contributed by atoms with Crippen molar-refractivity contribution in [3.05, 3.63) is 15.5 Å². The lowest BCUT2D eigenvalue weighted by Gasteiger charge is -2.35. The molecule has 1 aromatic rings. The molecule has 0 bridgehead atoms. The SMILES string of the molecule is CCC(O)CN1CCN(Cc2cnc(Cl)s2)CC1. The minimum absolute atomic E-state index is 0.183. The minimum atomic E-state index is -0.183. The maximum absolute atomic E-state index is 9.64. The van der Waals surface area contributed by atoms with Crippen LogP contribution in [0.5, 0.6) is 0 Å². The van der Waals surface area contributed by atoms with E-state index in [1.165, 1.54) is 4.88 Å². The van der Waals surface area contributed by atoms with E-state index in [9.17, 15) is 5.11 Å². The predicted octanol–water partition coefficient (Wildman–Crippen LogP) is 1.68. The smallest absolute Gasteiger partial charge is 0.183 e. The molecule has 0 spiro atoms. The second-order valence-electron chi connectivity index (χ2n) is 4.72. The molecular weight excluding hydrogens is 270 g/mol. The number of nitrogens with zero attached hydrogens (tertiary/aromatic N) is 3. The Morgan fingerprint density at radius 1 is 1.39 bits per heavy atom. The standard InChI is InChI=1S/C12H20ClN3OS/c1-2-10(17)8-15-3-5-16(6-4-15)9-11-7-14-12(13)18-11/h7,10,17H,2-6,8-9H2,1H3. The van der Waals surface area contributed by atoms with E-state index in [0.717, 1.165) is 45.7 Å². The van der Waals surface area contributed by atoms with Gasteiger partial charge < -0.3 is 5.11 Å². The summed E-state index contributed by atoms with van der Waals surface area (Å²) in [6.45, 7) is 7.92. The van der Waals surface area contributed by atoms with Crippen molar-refractivity contribution in [2.45, 2.75) is 26.0 Å². The summed E-state index contributed by atoms with van der Waals surface area (Å²) in [4.78, 5) is 10.0. The number of aliphatic hydroxyl groups excluding tert-OH is 1. The predicted molar refractivity (Wildman–Crippen MR) is 75.1 cm³/mol. The van der Waals surface area contributed by atoms with Crippen LogP contribution in [0.15, 0.2) is 6.20 Å². The molecule has 2 heterocycles. The first-order chi connectivity index (χ1) is 8.67. The Balaban J connectivity index is 1.73. The van der Waals surface area contributed by atoms with Crippen LogP contribution in [0.4, 0.5) is 0 Å². The van der Waals surface area contributed by atoms with Gasteiger partial charge in [0.1, 0.15) is 0 Å². The van der Waals surface area contributed by atoms with Crippen molar-refractivity contribution in [1.82, 2.24) is 14.8 Å². The molecule has 2 rings (SSSR count). The Hall–Kier alpha value is -0.200. The second-order valence-corrected chi connectivity index (χ2v) is 6.42. The molecule has 0 amide bonds. The summed E-state index contributed by atoms with van der Waals surface area (Å²) in [5, 5.41) is 9.64. The number of thiazole rings is 1. The van der Waals surface area contributed by atoms with E-state index in [2.05, 4.69) is 14.8 Å². The molecule has 4 nitrogen and oxygen atoms in total. The molecule has 0 radical (unpaired) electrons. The van der Waals surface area contributed by atoms with Gasteiger partial charge in [-0.2, -0.15) is 0 Å². The van der Waals surface area contributed by atoms with E-state index < -0.39 is 0 Å². The van der Waals surface area contributed by atoms with Gasteiger partial charge in [-0.05, 0) is 6.42 Å². The largest absolute Gasteiger partial charge is 0.392 e. The average molecular weight is 290 g/mol. The van der Waals surface area contributed by atoms with Crippen LogP contribution >= 0.6 is 22.9 Å². The Labute approximate surface area is 117 Å². The third-order valence-electron chi connectivity index (χ3n) is 3.31. The van der Waals surface area contributed by atoms with E-state index in [0.29, 0.717) is 4.47 Å². The van der Waals surface area contributed by atoms with Crippen LogP contribution in [0.25, 0.3) is 0 Å². The normalized spacial score (nSPS) is 20.2. The van der Waals surface area contributed by atoms with Crippen molar-refractivity contribution in [2.75, 3.05) is 32.7 Å². The maximum atomic E-state index is 9.64. The zero-order valence-electron chi connectivity index (χ0n) is 10.7. The Bertz CT molecular complexity index is 366. The highest BCUT2D eigenvalue weighted by Gasteiger charge is 2.19. The molecule has 1 aromatic heterocycles. The molecule has 1 fully saturated rings. The third kappa shape index (κ3) is 4.17. The summed E-state index contributed by atoms with van der Waals surface area (Å²) < 4.78 is 0.620. The number of hydrogen-bond acceptors (Lipinski definition) is 5. The van der Waals surface area contributed by atoms with Crippen LogP contribution in [0, 0.1) is 0 Å². The van der Waals surface area contributed by atoms with Crippen molar-refractivity contribution in [1.29, 1.82) is 0 Å². The second kappa shape index (κ2) is 6.82. The Kier molecular flexibility index (Phi) is 5.38. The summed E-state index contributed by atoms with van der Waals surface area (Å²) in [5.41, 5.74) is 0. The summed E-state index contributed by atoms with van der Waals surface area (Å²) in [6.07, 6.45) is 2.51. The molecule has 0 aliphatic carbocycles. The Morgan fingerprint density at radius 2 is 2.06 bits per heavy atom. The molecule has 0 aromatic carbocycles. The zero-order valence-corrected chi connectivity index (χ0v) is 12.3. The van der Waals surface area contributed by atoms with Crippen LogP contribution in [0.3, 0.4) is 0 Å². The van der Waals surface area contributed by atoms with Crippen molar-refractivity contribution < 1.29 is 5.11 Å². The number of halogens is 1. The topological polar surface area (TPSA) is 39.6 Å². The van der Waals surface area contributed by atoms with Gasteiger partial charge in [0.15, 0.2) is 4.47 Å². The lowest BCUT2D eigenvalue weighted by Crippen LogP contribution is -2.47. The van der Waals surface area contributed by atoms with Crippen molar-refractivity contribution >= 4 is 22.9 Å². The number of rotatable bonds is 5. The number of β-amino-alcohol motifs (C(OH)–C–C–N with tert-alkyl or cyclic N) is 1. The molecule has 6 heteroatoms. The summed E-state index contributed by atoms with van der Waals surface area (Å²) in [7, 11) is 0. The lowest BCUT2D eigenvalue weighted by atomic mass is 10.2. The highest BCUT2D eigenvalue weighted by Crippen LogP contribution is 2.19. The quantitative estimate of drug-likeness (QED) is 0.895. The van der Waals surface area contributed by atoms with Crippen LogP contribution in [0.1, 0.15) is 18.2 Å². The summed E-state index contributed by atoms with van der Waals surface area (Å²) >= 11 is 7.38. The fraction of sp³-hybridized carbons (Fsp3) is 0.750. The van der Waals surface area contributed by atoms with E-state index in [1.807, 2.05) is 13.1 Å². The van der Waals surface area contributed by atoms with Crippen molar-refractivity contribution in [3.63, 3.8) is 0 Å². The number of aliphatic hydroxyl groups is 1. The minimum Gasteiger partial charge on any atom is -0.392 e. The molecule has 102 valence electrons. The van der Waals surface area contributed by atoms with E-state index in [4.69, 9.17) is 11.6 Å². The molecule has 1 unspecified atom stereocenters. The van der Waals surface area contributed by atoms with Crippen LogP contribution in [-0.2, 0) is 6.54 Å². The molecule has 0 saturated carbocycles. The number of piperazine rings is 1. The van der Waals surface area contributed by atoms with Gasteiger partial charge in [-0.1, -0.05) is 18.5 Å². The molecule has 1 atom stereocenters. The summed E-state index contributed by atoms with van der Waals surface area (Å²) in [5.74, 6) is 0. The van der Waals surface area contributed by atoms with Crippen LogP contribution in [0.2, 0.25) is 4.47 Å². The summed E-state index contributed by atoms with van der Waals surface area (Å²) in [6, 6.07) is 0. The van der Waals surface area contributed by atoms with E-state index in [-0.39, 0.29) is 6.10 Å². The fourth-order valence-corrected chi connectivity index (χ4v) is 3.15. The Morgan fingerprint density at radius 3 is 2.61 bits per heavy atom. The highest BCUT2D eigenvalue weighted by molar-refractivity contribution is 7.15. The van der Waals surface area contributed by atoms with E-state index >= 15 is 0 Å². The highest BCUT2D eigenvalue weighted by atomic mass is 35.5. The van der Waals surface area contributed by atoms with Gasteiger partial charge in [0.25, 0.3) is 0 Å². The van der Waals surface area contributed by atoms with Gasteiger partial charge in [0.2, 0.25) is 0 Å². The number of hydrogen-bond donors (Lipinski definition) is 1. The van der Waals surface area contributed by atoms with Crippen molar-refractivity contribution in [3.8, 4) is 0 Å². The average Bonchev–Trinajstić information content (AvgIpc) is 2.77. The van der Waals surface area contributed by atoms with Gasteiger partial charge in [-0.15, -0.1) is 11.3 Å². The van der Waals surface area contributed by atoms with Crippen LogP contribution in [-0.4, -0.2) is 58.7 Å². The van der Waals surface area contributed by atoms with Gasteiger partial charge in [0.05, 0.1) is 6.10 Å². The molecule has 1 aliphatic rings. The maximum Gasteiger partial charge on any atom is 0.183 e. The first-order valence-electron chi connectivity index (χ1n) is 6.40. The molecule has 18 heavy (non-hydrogen) atoms. The third-order valence-corrected chi connectivity index (χ3v) is 4.41. The molecule has 1 aliphatic heterocycles. The number of aromatic nitrogens is 1. The molecular formula is C12H20ClN3OS. The lowest BCUT2D eigenvalue weighted by molar-refractivity contribution is 0.0690. The molecule has 1 saturated heterocycles. The molecule has 1 N–H and O–H groups in total. The van der Waals surface area contributed by atoms with E-state index in [1.54, 1.807) is 11.3 Å².